The Balaban J connectivity index is 0.00000147. The molecule has 2 aliphatic heterocycles. The first-order chi connectivity index (χ1) is 8.96. The maximum Gasteiger partial charge on any atom is 0.157 e. The van der Waals surface area contributed by atoms with Gasteiger partial charge in [0.15, 0.2) is 15.0 Å². The Kier molecular flexibility index (Phi) is 4.73. The molecule has 0 saturated carbocycles. The lowest BCUT2D eigenvalue weighted by Gasteiger charge is -2.24. The molecule has 0 aromatic heterocycles. The Hall–Kier alpha value is -0.240. The summed E-state index contributed by atoms with van der Waals surface area (Å²) in [6.07, 6.45) is 0. The van der Waals surface area contributed by atoms with E-state index in [1.54, 1.807) is 0 Å². The molecule has 0 spiro atoms. The summed E-state index contributed by atoms with van der Waals surface area (Å²) in [6, 6.07) is 7.40. The van der Waals surface area contributed by atoms with E-state index in [-0.39, 0.29) is 39.8 Å². The van der Waals surface area contributed by atoms with E-state index < -0.39 is 9.84 Å². The minimum Gasteiger partial charge on any atom is -0.342 e. The van der Waals surface area contributed by atoms with Gasteiger partial charge in [-0.25, -0.2) is 8.42 Å². The van der Waals surface area contributed by atoms with Gasteiger partial charge in [0, 0.05) is 16.8 Å². The topological polar surface area (TPSA) is 61.2 Å². The second kappa shape index (κ2) is 5.87. The van der Waals surface area contributed by atoms with Crippen LogP contribution in [0.15, 0.2) is 24.3 Å². The molecule has 0 amide bonds. The van der Waals surface area contributed by atoms with Crippen LogP contribution in [0.5, 0.6) is 0 Å². The number of benzene rings is 1. The highest BCUT2D eigenvalue weighted by molar-refractivity contribution is 8.93. The van der Waals surface area contributed by atoms with Crippen molar-refractivity contribution in [3.63, 3.8) is 0 Å². The summed E-state index contributed by atoms with van der Waals surface area (Å²) in [7, 11) is -2.96. The third-order valence-electron chi connectivity index (χ3n) is 3.49. The summed E-state index contributed by atoms with van der Waals surface area (Å²) in [5.74, 6) is 0.335. The van der Waals surface area contributed by atoms with Crippen LogP contribution in [0, 0.1) is 5.41 Å². The predicted octanol–water partition coefficient (Wildman–Crippen LogP) is 2.57. The van der Waals surface area contributed by atoms with Crippen LogP contribution in [0.4, 0.5) is 0 Å². The minimum absolute atomic E-state index is 0. The average molecular weight is 398 g/mol. The van der Waals surface area contributed by atoms with Crippen molar-refractivity contribution in [3.05, 3.63) is 34.9 Å². The molecule has 110 valence electrons. The van der Waals surface area contributed by atoms with Gasteiger partial charge in [0.2, 0.25) is 0 Å². The van der Waals surface area contributed by atoms with E-state index in [9.17, 15) is 8.42 Å². The Morgan fingerprint density at radius 3 is 2.75 bits per heavy atom. The number of fused-ring (bicyclic) bond motifs is 1. The molecule has 0 aliphatic carbocycles. The summed E-state index contributed by atoms with van der Waals surface area (Å²) in [5, 5.41) is 9.11. The second-order valence-corrected chi connectivity index (χ2v) is 8.61. The van der Waals surface area contributed by atoms with Gasteiger partial charge in [0.25, 0.3) is 0 Å². The maximum atomic E-state index is 11.7. The molecule has 2 heterocycles. The van der Waals surface area contributed by atoms with Crippen LogP contribution in [0.3, 0.4) is 0 Å². The number of hydrogen-bond donors (Lipinski definition) is 1. The molecule has 2 unspecified atom stereocenters. The van der Waals surface area contributed by atoms with E-state index in [2.05, 4.69) is 0 Å². The number of amidine groups is 1. The van der Waals surface area contributed by atoms with Crippen molar-refractivity contribution >= 4 is 55.3 Å². The Bertz CT molecular complexity index is 638. The van der Waals surface area contributed by atoms with Crippen LogP contribution in [-0.4, -0.2) is 41.3 Å². The molecule has 20 heavy (non-hydrogen) atoms. The Morgan fingerprint density at radius 1 is 1.35 bits per heavy atom. The lowest BCUT2D eigenvalue weighted by atomic mass is 10.1. The summed E-state index contributed by atoms with van der Waals surface area (Å²) >= 11 is 7.49. The summed E-state index contributed by atoms with van der Waals surface area (Å²) in [4.78, 5) is 1.86. The van der Waals surface area contributed by atoms with Gasteiger partial charge in [0.05, 0.1) is 17.5 Å². The fourth-order valence-electron chi connectivity index (χ4n) is 2.56. The smallest absolute Gasteiger partial charge is 0.157 e. The zero-order valence-electron chi connectivity index (χ0n) is 10.5. The van der Waals surface area contributed by atoms with E-state index in [0.717, 1.165) is 5.56 Å². The highest BCUT2D eigenvalue weighted by atomic mass is 79.9. The Morgan fingerprint density at radius 2 is 2.05 bits per heavy atom. The standard InChI is InChI=1S/C12H13ClN2O2S2.BrH/c13-9-4-2-1-3-8(9)5-15-10-6-19(16,17)7-11(10)18-12(15)14;/h1-4,10-11,14H,5-7H2;1H. The van der Waals surface area contributed by atoms with Gasteiger partial charge < -0.3 is 4.90 Å². The normalized spacial score (nSPS) is 27.2. The zero-order chi connectivity index (χ0) is 13.6. The van der Waals surface area contributed by atoms with Crippen molar-refractivity contribution in [3.8, 4) is 0 Å². The quantitative estimate of drug-likeness (QED) is 0.833. The van der Waals surface area contributed by atoms with Gasteiger partial charge >= 0.3 is 0 Å². The molecule has 2 saturated heterocycles. The van der Waals surface area contributed by atoms with Gasteiger partial charge in [0.1, 0.15) is 0 Å². The molecule has 3 rings (SSSR count). The number of hydrogen-bond acceptors (Lipinski definition) is 4. The predicted molar refractivity (Wildman–Crippen MR) is 88.9 cm³/mol. The minimum atomic E-state index is -2.96. The van der Waals surface area contributed by atoms with Gasteiger partial charge in [-0.3, -0.25) is 5.41 Å². The highest BCUT2D eigenvalue weighted by Gasteiger charge is 2.48. The van der Waals surface area contributed by atoms with E-state index >= 15 is 0 Å². The monoisotopic (exact) mass is 396 g/mol. The van der Waals surface area contributed by atoms with Crippen LogP contribution < -0.4 is 0 Å². The fourth-order valence-corrected chi connectivity index (χ4v) is 6.59. The molecule has 1 aromatic rings. The fraction of sp³-hybridized carbons (Fsp3) is 0.417. The van der Waals surface area contributed by atoms with Gasteiger partial charge in [-0.1, -0.05) is 41.6 Å². The zero-order valence-corrected chi connectivity index (χ0v) is 14.6. The number of sulfone groups is 1. The van der Waals surface area contributed by atoms with Crippen molar-refractivity contribution in [1.29, 1.82) is 5.41 Å². The first-order valence-electron chi connectivity index (χ1n) is 5.92. The molecule has 2 fully saturated rings. The Labute approximate surface area is 138 Å². The van der Waals surface area contributed by atoms with Crippen LogP contribution in [-0.2, 0) is 16.4 Å². The van der Waals surface area contributed by atoms with Crippen LogP contribution >= 0.6 is 40.3 Å². The SMILES string of the molecule is Br.N=C1SC2CS(=O)(=O)CC2N1Cc1ccccc1Cl. The molecule has 4 nitrogen and oxygen atoms in total. The molecule has 0 bridgehead atoms. The highest BCUT2D eigenvalue weighted by Crippen LogP contribution is 2.38. The average Bonchev–Trinajstić information content (AvgIpc) is 2.75. The van der Waals surface area contributed by atoms with E-state index in [1.165, 1.54) is 11.8 Å². The van der Waals surface area contributed by atoms with Crippen molar-refractivity contribution in [2.24, 2.45) is 0 Å². The van der Waals surface area contributed by atoms with E-state index in [0.29, 0.717) is 16.7 Å². The van der Waals surface area contributed by atoms with Crippen molar-refractivity contribution in [2.75, 3.05) is 11.5 Å². The lowest BCUT2D eigenvalue weighted by Crippen LogP contribution is -2.36. The number of halogens is 2. The van der Waals surface area contributed by atoms with Crippen molar-refractivity contribution in [1.82, 2.24) is 4.90 Å². The molecule has 8 heteroatoms. The van der Waals surface area contributed by atoms with Crippen LogP contribution in [0.25, 0.3) is 0 Å². The maximum absolute atomic E-state index is 11.7. The summed E-state index contributed by atoms with van der Waals surface area (Å²) in [6.45, 7) is 0.502. The third-order valence-corrected chi connectivity index (χ3v) is 7.03. The van der Waals surface area contributed by atoms with E-state index in [1.807, 2.05) is 29.2 Å². The molecule has 0 radical (unpaired) electrons. The number of nitrogens with one attached hydrogen (secondary N) is 1. The van der Waals surface area contributed by atoms with Gasteiger partial charge in [-0.2, -0.15) is 0 Å². The second-order valence-electron chi connectivity index (χ2n) is 4.83. The first kappa shape index (κ1) is 16.1. The van der Waals surface area contributed by atoms with E-state index in [4.69, 9.17) is 17.0 Å². The third kappa shape index (κ3) is 3.00. The largest absolute Gasteiger partial charge is 0.342 e. The van der Waals surface area contributed by atoms with Crippen LogP contribution in [0.1, 0.15) is 5.56 Å². The molecule has 2 atom stereocenters. The molecule has 2 aliphatic rings. The number of thioether (sulfide) groups is 1. The number of nitrogens with zero attached hydrogens (tertiary/aromatic N) is 1. The van der Waals surface area contributed by atoms with Crippen LogP contribution in [0.2, 0.25) is 5.02 Å². The lowest BCUT2D eigenvalue weighted by molar-refractivity contribution is 0.349. The summed E-state index contributed by atoms with van der Waals surface area (Å²) in [5.41, 5.74) is 0.930. The molecular formula is C12H14BrClN2O2S2. The summed E-state index contributed by atoms with van der Waals surface area (Å²) < 4.78 is 23.4. The first-order valence-corrected chi connectivity index (χ1v) is 9.00. The molecule has 1 N–H and O–H groups in total. The number of rotatable bonds is 2. The molecule has 1 aromatic carbocycles. The van der Waals surface area contributed by atoms with Crippen molar-refractivity contribution < 1.29 is 8.42 Å². The van der Waals surface area contributed by atoms with Gasteiger partial charge in [-0.05, 0) is 11.6 Å². The van der Waals surface area contributed by atoms with Gasteiger partial charge in [-0.15, -0.1) is 17.0 Å². The van der Waals surface area contributed by atoms with Crippen molar-refractivity contribution in [2.45, 2.75) is 17.8 Å². The molecular weight excluding hydrogens is 384 g/mol.